The minimum absolute atomic E-state index is 0.240. The number of benzene rings is 2. The highest BCUT2D eigenvalue weighted by atomic mass is 79.9. The van der Waals surface area contributed by atoms with Crippen molar-refractivity contribution in [3.63, 3.8) is 0 Å². The molecule has 2 aromatic heterocycles. The lowest BCUT2D eigenvalue weighted by atomic mass is 10.1. The maximum absolute atomic E-state index is 14.3. The van der Waals surface area contributed by atoms with E-state index in [-0.39, 0.29) is 5.69 Å². The first-order valence-corrected chi connectivity index (χ1v) is 8.70. The van der Waals surface area contributed by atoms with Crippen LogP contribution in [0.5, 0.6) is 0 Å². The van der Waals surface area contributed by atoms with Gasteiger partial charge in [0.05, 0.1) is 23.0 Å². The molecule has 4 rings (SSSR count). The van der Waals surface area contributed by atoms with E-state index in [2.05, 4.69) is 32.1 Å². The first kappa shape index (κ1) is 17.1. The molecule has 130 valence electrons. The molecule has 7 heteroatoms. The van der Waals surface area contributed by atoms with Gasteiger partial charge in [0.2, 0.25) is 0 Å². The highest BCUT2D eigenvalue weighted by Crippen LogP contribution is 2.28. The second kappa shape index (κ2) is 6.74. The van der Waals surface area contributed by atoms with Gasteiger partial charge in [-0.15, -0.1) is 0 Å². The Hall–Kier alpha value is -3.37. The van der Waals surface area contributed by atoms with Crippen LogP contribution >= 0.6 is 15.9 Å². The zero-order valence-electron chi connectivity index (χ0n) is 13.7. The van der Waals surface area contributed by atoms with E-state index in [4.69, 9.17) is 5.26 Å². The molecule has 0 spiro atoms. The lowest BCUT2D eigenvalue weighted by molar-refractivity contribution is 0.111. The molecule has 0 fully saturated rings. The molecule has 0 aliphatic carbocycles. The Morgan fingerprint density at radius 3 is 2.56 bits per heavy atom. The van der Waals surface area contributed by atoms with Crippen LogP contribution in [-0.2, 0) is 0 Å². The monoisotopic (exact) mass is 420 g/mol. The first-order chi connectivity index (χ1) is 13.1. The molecule has 0 saturated carbocycles. The Labute approximate surface area is 161 Å². The molecule has 0 unspecified atom stereocenters. The topological polar surface area (TPSA) is 71.0 Å². The Balaban J connectivity index is 1.94. The third-order valence-electron chi connectivity index (χ3n) is 4.08. The number of halogens is 2. The summed E-state index contributed by atoms with van der Waals surface area (Å²) < 4.78 is 16.5. The Morgan fingerprint density at radius 1 is 1.11 bits per heavy atom. The van der Waals surface area contributed by atoms with E-state index >= 15 is 0 Å². The molecule has 27 heavy (non-hydrogen) atoms. The highest BCUT2D eigenvalue weighted by molar-refractivity contribution is 9.10. The standard InChI is InChI=1S/C20H10BrFN4O/c21-14-5-6-16(17(22)7-14)18-9-20-24-15(11-27)8-19(26(20)25-18)13-3-1-12(10-23)2-4-13/h1-9,11H. The minimum atomic E-state index is -0.414. The maximum Gasteiger partial charge on any atom is 0.168 e. The zero-order valence-corrected chi connectivity index (χ0v) is 15.3. The summed E-state index contributed by atoms with van der Waals surface area (Å²) in [5.74, 6) is -0.414. The van der Waals surface area contributed by atoms with E-state index in [1.54, 1.807) is 53.0 Å². The number of fused-ring (bicyclic) bond motifs is 1. The van der Waals surface area contributed by atoms with Crippen LogP contribution in [0.15, 0.2) is 59.1 Å². The SMILES string of the molecule is N#Cc1ccc(-c2cc(C=O)nc3cc(-c4ccc(Br)cc4F)nn23)cc1. The molecule has 0 radical (unpaired) electrons. The van der Waals surface area contributed by atoms with Gasteiger partial charge in [-0.2, -0.15) is 10.4 Å². The van der Waals surface area contributed by atoms with Gasteiger partial charge in [0.15, 0.2) is 11.9 Å². The fraction of sp³-hybridized carbons (Fsp3) is 0. The van der Waals surface area contributed by atoms with E-state index < -0.39 is 5.82 Å². The van der Waals surface area contributed by atoms with Gasteiger partial charge < -0.3 is 0 Å². The molecule has 0 amide bonds. The maximum atomic E-state index is 14.3. The van der Waals surface area contributed by atoms with Gasteiger partial charge in [0.25, 0.3) is 0 Å². The number of nitriles is 1. The number of aromatic nitrogens is 3. The van der Waals surface area contributed by atoms with Gasteiger partial charge in [0.1, 0.15) is 11.5 Å². The summed E-state index contributed by atoms with van der Waals surface area (Å²) in [6.07, 6.45) is 0.653. The van der Waals surface area contributed by atoms with Gasteiger partial charge in [-0.05, 0) is 36.4 Å². The summed E-state index contributed by atoms with van der Waals surface area (Å²) in [6.45, 7) is 0. The smallest absolute Gasteiger partial charge is 0.168 e. The van der Waals surface area contributed by atoms with Crippen LogP contribution in [0.3, 0.4) is 0 Å². The Bertz CT molecular complexity index is 1230. The predicted molar refractivity (Wildman–Crippen MR) is 102 cm³/mol. The molecule has 0 aliphatic rings. The minimum Gasteiger partial charge on any atom is -0.296 e. The molecular weight excluding hydrogens is 411 g/mol. The largest absolute Gasteiger partial charge is 0.296 e. The summed E-state index contributed by atoms with van der Waals surface area (Å²) in [6, 6.07) is 16.9. The van der Waals surface area contributed by atoms with Crippen molar-refractivity contribution >= 4 is 27.9 Å². The molecule has 0 saturated heterocycles. The van der Waals surface area contributed by atoms with Crippen molar-refractivity contribution in [2.75, 3.05) is 0 Å². The average Bonchev–Trinajstić information content (AvgIpc) is 3.11. The molecule has 0 atom stereocenters. The zero-order chi connectivity index (χ0) is 19.0. The van der Waals surface area contributed by atoms with Gasteiger partial charge in [-0.3, -0.25) is 4.79 Å². The second-order valence-corrected chi connectivity index (χ2v) is 6.71. The lowest BCUT2D eigenvalue weighted by Gasteiger charge is -2.06. The average molecular weight is 421 g/mol. The van der Waals surface area contributed by atoms with Crippen LogP contribution in [-0.4, -0.2) is 20.9 Å². The third-order valence-corrected chi connectivity index (χ3v) is 4.58. The van der Waals surface area contributed by atoms with Gasteiger partial charge in [-0.1, -0.05) is 28.1 Å². The quantitative estimate of drug-likeness (QED) is 0.452. The fourth-order valence-corrected chi connectivity index (χ4v) is 3.14. The van der Waals surface area contributed by atoms with E-state index in [1.165, 1.54) is 6.07 Å². The van der Waals surface area contributed by atoms with Crippen LogP contribution in [0.1, 0.15) is 16.1 Å². The molecule has 5 nitrogen and oxygen atoms in total. The van der Waals surface area contributed by atoms with Crippen LogP contribution in [0.2, 0.25) is 0 Å². The van der Waals surface area contributed by atoms with E-state index in [0.29, 0.717) is 38.9 Å². The molecule has 2 heterocycles. The van der Waals surface area contributed by atoms with Crippen LogP contribution in [0.4, 0.5) is 4.39 Å². The Morgan fingerprint density at radius 2 is 1.89 bits per heavy atom. The van der Waals surface area contributed by atoms with Crippen molar-refractivity contribution in [3.05, 3.63) is 76.1 Å². The van der Waals surface area contributed by atoms with Gasteiger partial charge in [-0.25, -0.2) is 13.9 Å². The number of nitrogens with zero attached hydrogens (tertiary/aromatic N) is 4. The summed E-state index contributed by atoms with van der Waals surface area (Å²) in [7, 11) is 0. The fourth-order valence-electron chi connectivity index (χ4n) is 2.80. The normalized spacial score (nSPS) is 10.7. The molecule has 0 aliphatic heterocycles. The van der Waals surface area contributed by atoms with Crippen LogP contribution < -0.4 is 0 Å². The Kier molecular flexibility index (Phi) is 4.26. The number of hydrogen-bond acceptors (Lipinski definition) is 4. The van der Waals surface area contributed by atoms with Crippen molar-refractivity contribution in [2.45, 2.75) is 0 Å². The number of carbonyl (C=O) groups is 1. The molecule has 4 aromatic rings. The molecular formula is C20H10BrFN4O. The number of rotatable bonds is 3. The molecule has 2 aromatic carbocycles. The van der Waals surface area contributed by atoms with Crippen molar-refractivity contribution < 1.29 is 9.18 Å². The van der Waals surface area contributed by atoms with Gasteiger partial charge in [0, 0.05) is 21.7 Å². The van der Waals surface area contributed by atoms with E-state index in [1.807, 2.05) is 0 Å². The van der Waals surface area contributed by atoms with E-state index in [0.717, 1.165) is 5.56 Å². The van der Waals surface area contributed by atoms with Crippen molar-refractivity contribution in [2.24, 2.45) is 0 Å². The summed E-state index contributed by atoms with van der Waals surface area (Å²) in [5, 5.41) is 13.5. The number of hydrogen-bond donors (Lipinski definition) is 0. The summed E-state index contributed by atoms with van der Waals surface area (Å²) in [5.41, 5.74) is 3.32. The highest BCUT2D eigenvalue weighted by Gasteiger charge is 2.15. The lowest BCUT2D eigenvalue weighted by Crippen LogP contribution is -2.00. The number of aldehydes is 1. The van der Waals surface area contributed by atoms with Crippen LogP contribution in [0, 0.1) is 17.1 Å². The molecule has 0 N–H and O–H groups in total. The second-order valence-electron chi connectivity index (χ2n) is 5.80. The summed E-state index contributed by atoms with van der Waals surface area (Å²) in [4.78, 5) is 15.6. The van der Waals surface area contributed by atoms with Crippen molar-refractivity contribution in [3.8, 4) is 28.6 Å². The van der Waals surface area contributed by atoms with Gasteiger partial charge >= 0.3 is 0 Å². The number of carbonyl (C=O) groups excluding carboxylic acids is 1. The predicted octanol–water partition coefficient (Wildman–Crippen LogP) is 4.65. The van der Waals surface area contributed by atoms with Crippen LogP contribution in [0.25, 0.3) is 28.2 Å². The third kappa shape index (κ3) is 3.11. The van der Waals surface area contributed by atoms with Crippen molar-refractivity contribution in [1.29, 1.82) is 5.26 Å². The van der Waals surface area contributed by atoms with E-state index in [9.17, 15) is 9.18 Å². The first-order valence-electron chi connectivity index (χ1n) is 7.91. The van der Waals surface area contributed by atoms with Crippen molar-refractivity contribution in [1.82, 2.24) is 14.6 Å². The summed E-state index contributed by atoms with van der Waals surface area (Å²) >= 11 is 3.24. The molecule has 0 bridgehead atoms.